The average molecular weight is 764 g/mol. The van der Waals surface area contributed by atoms with E-state index in [-0.39, 0.29) is 31.7 Å². The van der Waals surface area contributed by atoms with Crippen molar-refractivity contribution in [3.63, 3.8) is 0 Å². The van der Waals surface area contributed by atoms with Crippen molar-refractivity contribution >= 4 is 83.9 Å². The van der Waals surface area contributed by atoms with Crippen molar-refractivity contribution in [3.05, 3.63) is 83.9 Å². The first-order valence-electron chi connectivity index (χ1n) is 13.2. The number of hydrogen-bond donors (Lipinski definition) is 5. The molecule has 16 nitrogen and oxygen atoms in total. The van der Waals surface area contributed by atoms with E-state index >= 15 is 0 Å². The van der Waals surface area contributed by atoms with Gasteiger partial charge in [-0.05, 0) is 61.0 Å². The molecule has 0 saturated carbocycles. The second kappa shape index (κ2) is 12.6. The molecule has 0 aliphatic rings. The molecule has 0 unspecified atom stereocenters. The number of nitrogens with zero attached hydrogens (tertiary/aromatic N) is 3. The van der Waals surface area contributed by atoms with Crippen LogP contribution in [0, 0.1) is 18.3 Å². The van der Waals surface area contributed by atoms with Gasteiger partial charge in [-0.25, -0.2) is 8.42 Å². The van der Waals surface area contributed by atoms with E-state index in [0.29, 0.717) is 17.7 Å². The smallest absolute Gasteiger partial charge is 0.295 e. The summed E-state index contributed by atoms with van der Waals surface area (Å²) in [4.78, 5) is -3.23. The molecule has 0 bridgehead atoms. The van der Waals surface area contributed by atoms with Gasteiger partial charge in [0.15, 0.2) is 0 Å². The quantitative estimate of drug-likeness (QED) is 0.0944. The number of thiophene rings is 1. The number of nitriles is 1. The molecule has 254 valence electrons. The number of azo groups is 1. The van der Waals surface area contributed by atoms with Crippen LogP contribution in [-0.4, -0.2) is 47.3 Å². The van der Waals surface area contributed by atoms with E-state index in [4.69, 9.17) is 5.73 Å². The molecule has 0 amide bonds. The molecular formula is C28H21N5O11S5. The minimum atomic E-state index is -5.26. The first-order chi connectivity index (χ1) is 22.7. The normalized spacial score (nSPS) is 12.7. The van der Waals surface area contributed by atoms with Crippen molar-refractivity contribution in [2.45, 2.75) is 26.5 Å². The number of nitrogen functional groups attached to an aromatic ring is 1. The largest absolute Gasteiger partial charge is 0.389 e. The van der Waals surface area contributed by atoms with Gasteiger partial charge < -0.3 is 5.73 Å². The van der Waals surface area contributed by atoms with Gasteiger partial charge in [0.1, 0.15) is 25.9 Å². The number of fused-ring (bicyclic) bond motifs is 1. The highest BCUT2D eigenvalue weighted by Gasteiger charge is 2.26. The maximum absolute atomic E-state index is 12.8. The maximum atomic E-state index is 12.8. The lowest BCUT2D eigenvalue weighted by Gasteiger charge is -2.11. The van der Waals surface area contributed by atoms with Crippen molar-refractivity contribution in [1.29, 1.82) is 5.26 Å². The third kappa shape index (κ3) is 7.46. The maximum Gasteiger partial charge on any atom is 0.295 e. The second-order valence-electron chi connectivity index (χ2n) is 10.2. The van der Waals surface area contributed by atoms with E-state index in [1.165, 1.54) is 36.4 Å². The zero-order chi connectivity index (χ0) is 36.1. The Morgan fingerprint density at radius 3 is 1.86 bits per heavy atom. The lowest BCUT2D eigenvalue weighted by atomic mass is 10.0. The second-order valence-corrected chi connectivity index (χ2v) is 17.1. The molecule has 0 fully saturated rings. The Hall–Kier alpha value is -4.79. The van der Waals surface area contributed by atoms with Crippen molar-refractivity contribution in [1.82, 2.24) is 0 Å². The summed E-state index contributed by atoms with van der Waals surface area (Å²) in [7, 11) is -19.5. The molecular weight excluding hydrogens is 743 g/mol. The molecule has 0 atom stereocenters. The van der Waals surface area contributed by atoms with Gasteiger partial charge in [-0.3, -0.25) is 18.4 Å². The molecule has 0 radical (unpaired) electrons. The predicted octanol–water partition coefficient (Wildman–Crippen LogP) is 5.29. The van der Waals surface area contributed by atoms with Crippen LogP contribution in [0.5, 0.6) is 0 Å². The van der Waals surface area contributed by atoms with Crippen LogP contribution in [0.3, 0.4) is 0 Å². The molecule has 6 N–H and O–H groups in total. The number of rotatable bonds is 9. The lowest BCUT2D eigenvalue weighted by Crippen LogP contribution is -2.12. The fourth-order valence-corrected chi connectivity index (χ4v) is 8.58. The summed E-state index contributed by atoms with van der Waals surface area (Å²) in [5, 5.41) is 16.5. The highest BCUT2D eigenvalue weighted by atomic mass is 32.2. The van der Waals surface area contributed by atoms with Gasteiger partial charge in [0.25, 0.3) is 40.4 Å². The van der Waals surface area contributed by atoms with Crippen LogP contribution in [0.4, 0.5) is 21.4 Å². The monoisotopic (exact) mass is 763 g/mol. The summed E-state index contributed by atoms with van der Waals surface area (Å²) >= 11 is 0.803. The van der Waals surface area contributed by atoms with E-state index in [1.807, 2.05) is 13.0 Å². The first-order valence-corrected chi connectivity index (χ1v) is 19.8. The Bertz CT molecular complexity index is 2680. The van der Waals surface area contributed by atoms with Crippen molar-refractivity contribution in [2.75, 3.05) is 10.5 Å². The predicted molar refractivity (Wildman–Crippen MR) is 178 cm³/mol. The molecule has 0 aliphatic carbocycles. The van der Waals surface area contributed by atoms with E-state index in [1.54, 1.807) is 12.1 Å². The van der Waals surface area contributed by atoms with E-state index in [9.17, 15) is 52.6 Å². The van der Waals surface area contributed by atoms with Gasteiger partial charge in [-0.2, -0.15) is 30.5 Å². The minimum Gasteiger partial charge on any atom is -0.389 e. The van der Waals surface area contributed by atoms with E-state index < -0.39 is 71.5 Å². The number of nitrogens with two attached hydrogens (primary N) is 1. The number of nitrogens with one attached hydrogen (secondary N) is 1. The highest BCUT2D eigenvalue weighted by Crippen LogP contribution is 2.45. The van der Waals surface area contributed by atoms with Gasteiger partial charge in [-0.1, -0.05) is 41.2 Å². The Balaban J connectivity index is 1.60. The molecule has 5 rings (SSSR count). The SMILES string of the molecule is Cc1ccc(S(=O)(=O)Nc2ccc(-c3c(/N=N/c4cc(S(=O)(=O)O)c5cc(S(=O)(=O)O)cc(S(=O)(=O)O)c5c4)sc(N)c3C#N)cc2)cc1. The molecule has 5 aromatic rings. The van der Waals surface area contributed by atoms with Gasteiger partial charge in [-0.15, -0.1) is 10.2 Å². The third-order valence-electron chi connectivity index (χ3n) is 6.85. The van der Waals surface area contributed by atoms with Crippen LogP contribution < -0.4 is 10.5 Å². The Kier molecular flexibility index (Phi) is 9.12. The molecule has 1 aromatic heterocycles. The molecule has 49 heavy (non-hydrogen) atoms. The number of sulfonamides is 1. The highest BCUT2D eigenvalue weighted by molar-refractivity contribution is 7.92. The van der Waals surface area contributed by atoms with Crippen molar-refractivity contribution in [3.8, 4) is 17.2 Å². The molecule has 4 aromatic carbocycles. The van der Waals surface area contributed by atoms with Crippen molar-refractivity contribution in [2.24, 2.45) is 10.2 Å². The van der Waals surface area contributed by atoms with Crippen LogP contribution in [-0.2, 0) is 40.4 Å². The summed E-state index contributed by atoms with van der Waals surface area (Å²) in [5.41, 5.74) is 7.18. The summed E-state index contributed by atoms with van der Waals surface area (Å²) in [6.45, 7) is 1.81. The Morgan fingerprint density at radius 1 is 0.735 bits per heavy atom. The lowest BCUT2D eigenvalue weighted by molar-refractivity contribution is 0.478. The van der Waals surface area contributed by atoms with E-state index in [0.717, 1.165) is 29.0 Å². The zero-order valence-corrected chi connectivity index (χ0v) is 28.6. The van der Waals surface area contributed by atoms with Crippen LogP contribution in [0.2, 0.25) is 0 Å². The summed E-state index contributed by atoms with van der Waals surface area (Å²) in [6.07, 6.45) is 0. The fourth-order valence-electron chi connectivity index (χ4n) is 4.61. The molecule has 0 saturated heterocycles. The molecule has 0 aliphatic heterocycles. The van der Waals surface area contributed by atoms with Crippen LogP contribution in [0.15, 0.2) is 103 Å². The van der Waals surface area contributed by atoms with Gasteiger partial charge in [0.05, 0.1) is 21.0 Å². The van der Waals surface area contributed by atoms with Gasteiger partial charge in [0.2, 0.25) is 0 Å². The Morgan fingerprint density at radius 2 is 1.31 bits per heavy atom. The summed E-state index contributed by atoms with van der Waals surface area (Å²) in [5.74, 6) is 0. The third-order valence-corrected chi connectivity index (χ3v) is 11.8. The standard InChI is InChI=1S/C28H21N5O11S5/c1-15-2-8-19(9-3-15)46(34,35)33-17-6-4-16(5-7-17)26-23(14-29)27(30)45-28(26)32-31-18-10-21-22(24(11-18)48(39,40)41)12-20(47(36,37)38)13-25(21)49(42,43)44/h2-13,33H,30H2,1H3,(H,36,37,38)(H,39,40,41)(H,42,43,44)/b32-31+. The molecule has 1 heterocycles. The zero-order valence-electron chi connectivity index (χ0n) is 24.5. The molecule has 21 heteroatoms. The Labute approximate surface area is 283 Å². The number of aryl methyl sites for hydroxylation is 1. The summed E-state index contributed by atoms with van der Waals surface area (Å²) in [6, 6.07) is 16.5. The van der Waals surface area contributed by atoms with Gasteiger partial charge >= 0.3 is 0 Å². The first kappa shape index (κ1) is 35.5. The molecule has 0 spiro atoms. The number of hydrogen-bond acceptors (Lipinski definition) is 13. The van der Waals surface area contributed by atoms with Crippen LogP contribution in [0.1, 0.15) is 11.1 Å². The fraction of sp³-hybridized carbons (Fsp3) is 0.0357. The minimum absolute atomic E-state index is 0.00673. The topological polar surface area (TPSA) is 284 Å². The van der Waals surface area contributed by atoms with E-state index in [2.05, 4.69) is 15.0 Å². The number of anilines is 2. The average Bonchev–Trinajstić information content (AvgIpc) is 3.32. The van der Waals surface area contributed by atoms with Gasteiger partial charge in [0, 0.05) is 22.0 Å². The number of benzene rings is 4. The van der Waals surface area contributed by atoms with Crippen LogP contribution in [0.25, 0.3) is 21.9 Å². The van der Waals surface area contributed by atoms with Crippen LogP contribution >= 0.6 is 11.3 Å². The van der Waals surface area contributed by atoms with Crippen molar-refractivity contribution < 1.29 is 47.3 Å². The summed E-state index contributed by atoms with van der Waals surface area (Å²) < 4.78 is 130.